The van der Waals surface area contributed by atoms with Gasteiger partial charge in [-0.1, -0.05) is 66.7 Å². The summed E-state index contributed by atoms with van der Waals surface area (Å²) in [4.78, 5) is 41.1. The number of nitrogens with one attached hydrogen (secondary N) is 1. The topological polar surface area (TPSA) is 79.6 Å². The molecule has 6 aromatic rings. The molecule has 2 atom stereocenters. The number of nitrogens with zero attached hydrogens (tertiary/aromatic N) is 4. The van der Waals surface area contributed by atoms with E-state index in [1.54, 1.807) is 4.90 Å². The molecule has 58 heavy (non-hydrogen) atoms. The highest BCUT2D eigenvalue weighted by Crippen LogP contribution is 2.38. The third-order valence-corrected chi connectivity index (χ3v) is 10.7. The van der Waals surface area contributed by atoms with Gasteiger partial charge >= 0.3 is 6.18 Å². The summed E-state index contributed by atoms with van der Waals surface area (Å²) in [5.41, 5.74) is 6.39. The van der Waals surface area contributed by atoms with Crippen molar-refractivity contribution in [3.8, 4) is 0 Å². The molecule has 0 saturated carbocycles. The van der Waals surface area contributed by atoms with Crippen molar-refractivity contribution in [1.82, 2.24) is 19.4 Å². The van der Waals surface area contributed by atoms with Gasteiger partial charge in [-0.15, -0.1) is 0 Å². The quantitative estimate of drug-likeness (QED) is 0.117. The zero-order valence-corrected chi connectivity index (χ0v) is 31.9. The lowest BCUT2D eigenvalue weighted by Crippen LogP contribution is -2.42. The van der Waals surface area contributed by atoms with Gasteiger partial charge in [-0.05, 0) is 83.8 Å². The Kier molecular flexibility index (Phi) is 11.9. The number of hydrogen-bond acceptors (Lipinski definition) is 4. The Morgan fingerprint density at radius 2 is 1.38 bits per heavy atom. The first-order valence-electron chi connectivity index (χ1n) is 19.2. The summed E-state index contributed by atoms with van der Waals surface area (Å²) in [6, 6.07) is 34.9. The fraction of sp³-hybridized carbons (Fsp3) is 0.239. The predicted molar refractivity (Wildman–Crippen MR) is 214 cm³/mol. The van der Waals surface area contributed by atoms with Gasteiger partial charge in [0.2, 0.25) is 11.8 Å². The summed E-state index contributed by atoms with van der Waals surface area (Å²) < 4.78 is 56.3. The maximum Gasteiger partial charge on any atom is 0.416 e. The van der Waals surface area contributed by atoms with Crippen LogP contribution in [0.3, 0.4) is 0 Å². The summed E-state index contributed by atoms with van der Waals surface area (Å²) in [7, 11) is 0. The Morgan fingerprint density at radius 3 is 2.07 bits per heavy atom. The van der Waals surface area contributed by atoms with E-state index in [4.69, 9.17) is 0 Å². The number of carbonyl (C=O) groups excluding carboxylic acids is 3. The highest BCUT2D eigenvalue weighted by atomic mass is 19.4. The molecule has 298 valence electrons. The number of amides is 2. The number of carbonyl (C=O) groups is 3. The van der Waals surface area contributed by atoms with Crippen molar-refractivity contribution in [2.24, 2.45) is 0 Å². The molecule has 12 heteroatoms. The number of fused-ring (bicyclic) bond motifs is 2. The van der Waals surface area contributed by atoms with E-state index >= 15 is 0 Å². The summed E-state index contributed by atoms with van der Waals surface area (Å²) in [6.07, 6.45) is 0.555. The number of aromatic nitrogens is 2. The van der Waals surface area contributed by atoms with E-state index in [0.29, 0.717) is 18.7 Å². The largest absolute Gasteiger partial charge is 0.416 e. The lowest BCUT2D eigenvalue weighted by atomic mass is 9.97. The van der Waals surface area contributed by atoms with Crippen LogP contribution in [0.1, 0.15) is 74.5 Å². The smallest absolute Gasteiger partial charge is 0.357 e. The Hall–Kier alpha value is -6.43. The SMILES string of the molecule is Cc1cccc(N2CCn3cccc3C2c2ccc(F)cc2)c1C=O.O=C(CCC(=O)N1CCn2cccc2C1c1ccccc1)NCc1cccc(C(F)(F)F)c1. The van der Waals surface area contributed by atoms with E-state index < -0.39 is 11.7 Å². The second kappa shape index (κ2) is 17.4. The van der Waals surface area contributed by atoms with Crippen molar-refractivity contribution >= 4 is 23.8 Å². The summed E-state index contributed by atoms with van der Waals surface area (Å²) in [5.74, 6) is -0.756. The fourth-order valence-electron chi connectivity index (χ4n) is 7.86. The summed E-state index contributed by atoms with van der Waals surface area (Å²) in [6.45, 7) is 4.78. The van der Waals surface area contributed by atoms with Gasteiger partial charge in [-0.2, -0.15) is 13.2 Å². The molecule has 0 aliphatic carbocycles. The first-order valence-corrected chi connectivity index (χ1v) is 19.2. The van der Waals surface area contributed by atoms with E-state index in [2.05, 4.69) is 31.6 Å². The molecule has 2 aliphatic rings. The number of rotatable bonds is 9. The summed E-state index contributed by atoms with van der Waals surface area (Å²) >= 11 is 0. The Labute approximate surface area is 334 Å². The van der Waals surface area contributed by atoms with Crippen LogP contribution >= 0.6 is 0 Å². The van der Waals surface area contributed by atoms with Gasteiger partial charge in [0.25, 0.3) is 0 Å². The number of benzene rings is 4. The standard InChI is InChI=1S/C25H24F3N3O2.C21H19FN2O/c26-25(27,28)20-9-4-6-18(16-20)17-29-22(32)11-12-23(33)31-15-14-30-13-5-10-21(30)24(31)19-7-2-1-3-8-19;1-15-4-2-5-19(18(15)14-25)24-13-12-23-11-3-6-20(23)21(24)16-7-9-17(22)10-8-16/h1-10,13,16,24H,11-12,14-15,17H2,(H,29,32);2-11,14,21H,12-13H2,1H3. The molecule has 0 bridgehead atoms. The van der Waals surface area contributed by atoms with Gasteiger partial charge in [-0.3, -0.25) is 14.4 Å². The number of anilines is 1. The maximum absolute atomic E-state index is 13.4. The molecule has 0 spiro atoms. The highest BCUT2D eigenvalue weighted by molar-refractivity contribution is 5.87. The fourth-order valence-corrected chi connectivity index (χ4v) is 7.86. The van der Waals surface area contributed by atoms with Gasteiger partial charge in [0, 0.05) is 80.6 Å². The lowest BCUT2D eigenvalue weighted by molar-refractivity contribution is -0.137. The molecule has 1 N–H and O–H groups in total. The minimum Gasteiger partial charge on any atom is -0.357 e. The van der Waals surface area contributed by atoms with Crippen LogP contribution in [-0.2, 0) is 35.4 Å². The zero-order valence-electron chi connectivity index (χ0n) is 31.9. The lowest BCUT2D eigenvalue weighted by Gasteiger charge is -2.39. The Morgan fingerprint density at radius 1 is 0.724 bits per heavy atom. The zero-order chi connectivity index (χ0) is 40.8. The molecule has 2 amide bonds. The molecular weight excluding hydrogens is 747 g/mol. The van der Waals surface area contributed by atoms with Gasteiger partial charge in [0.15, 0.2) is 6.29 Å². The van der Waals surface area contributed by atoms with Crippen molar-refractivity contribution in [1.29, 1.82) is 0 Å². The second-order valence-electron chi connectivity index (χ2n) is 14.4. The van der Waals surface area contributed by atoms with Crippen LogP contribution in [0.5, 0.6) is 0 Å². The molecule has 0 radical (unpaired) electrons. The van der Waals surface area contributed by atoms with Crippen molar-refractivity contribution in [2.75, 3.05) is 18.0 Å². The van der Waals surface area contributed by atoms with Crippen LogP contribution in [-0.4, -0.2) is 45.2 Å². The first kappa shape index (κ1) is 39.8. The Bertz CT molecular complexity index is 2370. The average Bonchev–Trinajstić information content (AvgIpc) is 3.92. The highest BCUT2D eigenvalue weighted by Gasteiger charge is 2.33. The maximum atomic E-state index is 13.4. The van der Waals surface area contributed by atoms with Gasteiger partial charge < -0.3 is 24.3 Å². The van der Waals surface area contributed by atoms with Crippen LogP contribution in [0.2, 0.25) is 0 Å². The third-order valence-electron chi connectivity index (χ3n) is 10.7. The molecule has 2 aromatic heterocycles. The third kappa shape index (κ3) is 8.76. The molecule has 8 nitrogen and oxygen atoms in total. The molecular formula is C46H43F4N5O3. The Balaban J connectivity index is 0.000000183. The first-order chi connectivity index (χ1) is 28.0. The summed E-state index contributed by atoms with van der Waals surface area (Å²) in [5, 5.41) is 2.61. The van der Waals surface area contributed by atoms with Gasteiger partial charge in [-0.25, -0.2) is 4.39 Å². The van der Waals surface area contributed by atoms with Crippen LogP contribution in [0.25, 0.3) is 0 Å². The van der Waals surface area contributed by atoms with Crippen LogP contribution in [0, 0.1) is 12.7 Å². The predicted octanol–water partition coefficient (Wildman–Crippen LogP) is 8.89. The number of aryl methyl sites for hydroxylation is 1. The molecule has 8 rings (SSSR count). The van der Waals surface area contributed by atoms with Crippen LogP contribution < -0.4 is 10.2 Å². The van der Waals surface area contributed by atoms with Crippen LogP contribution in [0.15, 0.2) is 134 Å². The molecule has 4 heterocycles. The van der Waals surface area contributed by atoms with E-state index in [1.165, 1.54) is 24.3 Å². The molecule has 4 aromatic carbocycles. The van der Waals surface area contributed by atoms with Crippen LogP contribution in [0.4, 0.5) is 23.2 Å². The number of alkyl halides is 3. The number of halogens is 4. The molecule has 0 fully saturated rings. The minimum absolute atomic E-state index is 0.0263. The molecule has 2 aliphatic heterocycles. The minimum atomic E-state index is -4.43. The van der Waals surface area contributed by atoms with E-state index in [-0.39, 0.29) is 49.1 Å². The number of aldehydes is 1. The normalized spacial score (nSPS) is 16.1. The second-order valence-corrected chi connectivity index (χ2v) is 14.4. The monoisotopic (exact) mass is 789 g/mol. The molecule has 2 unspecified atom stereocenters. The van der Waals surface area contributed by atoms with E-state index in [9.17, 15) is 31.9 Å². The van der Waals surface area contributed by atoms with Crippen molar-refractivity contribution in [3.05, 3.63) is 184 Å². The van der Waals surface area contributed by atoms with Gasteiger partial charge in [0.1, 0.15) is 5.82 Å². The number of hydrogen-bond donors (Lipinski definition) is 1. The average molecular weight is 790 g/mol. The van der Waals surface area contributed by atoms with Crippen molar-refractivity contribution in [3.63, 3.8) is 0 Å². The van der Waals surface area contributed by atoms with Crippen molar-refractivity contribution < 1.29 is 31.9 Å². The van der Waals surface area contributed by atoms with Gasteiger partial charge in [0.05, 0.1) is 17.6 Å². The van der Waals surface area contributed by atoms with Crippen molar-refractivity contribution in [2.45, 2.75) is 57.7 Å². The molecule has 0 saturated heterocycles. The van der Waals surface area contributed by atoms with E-state index in [1.807, 2.05) is 92.0 Å². The van der Waals surface area contributed by atoms with E-state index in [0.717, 1.165) is 70.8 Å².